The van der Waals surface area contributed by atoms with E-state index in [0.29, 0.717) is 17.9 Å². The first-order valence-electron chi connectivity index (χ1n) is 6.55. The molecule has 1 radical (unpaired) electrons. The van der Waals surface area contributed by atoms with Crippen LogP contribution in [0.25, 0.3) is 0 Å². The molecule has 0 fully saturated rings. The Bertz CT molecular complexity index is 648. The van der Waals surface area contributed by atoms with Crippen LogP contribution < -0.4 is 10.5 Å². The molecule has 0 aliphatic heterocycles. The number of carbonyl (C=O) groups is 1. The van der Waals surface area contributed by atoms with Crippen molar-refractivity contribution in [3.63, 3.8) is 0 Å². The number of primary amides is 1. The molecule has 0 aliphatic carbocycles. The lowest BCUT2D eigenvalue weighted by atomic mass is 10.1. The maximum Gasteiger partial charge on any atom is 0.248 e. The van der Waals surface area contributed by atoms with E-state index in [1.54, 1.807) is 24.3 Å². The van der Waals surface area contributed by atoms with Crippen molar-refractivity contribution in [3.8, 4) is 5.75 Å². The third-order valence-electron chi connectivity index (χ3n) is 3.03. The second kappa shape index (κ2) is 6.70. The number of benzene rings is 2. The maximum absolute atomic E-state index is 11.2. The summed E-state index contributed by atoms with van der Waals surface area (Å²) in [6.07, 6.45) is 2.13. The third-order valence-corrected chi connectivity index (χ3v) is 3.03. The number of aryl methyl sites for hydroxylation is 1. The van der Waals surface area contributed by atoms with E-state index in [9.17, 15) is 9.59 Å². The van der Waals surface area contributed by atoms with Gasteiger partial charge in [-0.3, -0.25) is 9.59 Å². The van der Waals surface area contributed by atoms with E-state index < -0.39 is 5.91 Å². The Morgan fingerprint density at radius 1 is 1.14 bits per heavy atom. The van der Waals surface area contributed by atoms with E-state index in [-0.39, 0.29) is 6.42 Å². The topological polar surface area (TPSA) is 69.4 Å². The molecule has 0 unspecified atom stereocenters. The van der Waals surface area contributed by atoms with E-state index in [1.807, 2.05) is 31.4 Å². The Morgan fingerprint density at radius 3 is 2.48 bits per heavy atom. The van der Waals surface area contributed by atoms with Crippen molar-refractivity contribution in [1.82, 2.24) is 0 Å². The highest BCUT2D eigenvalue weighted by atomic mass is 16.5. The van der Waals surface area contributed by atoms with Crippen molar-refractivity contribution in [1.29, 1.82) is 0 Å². The normalized spacial score (nSPS) is 10.1. The molecule has 21 heavy (non-hydrogen) atoms. The zero-order valence-electron chi connectivity index (χ0n) is 11.8. The molecule has 107 valence electrons. The second-order valence-electron chi connectivity index (χ2n) is 4.83. The second-order valence-corrected chi connectivity index (χ2v) is 4.83. The van der Waals surface area contributed by atoms with Gasteiger partial charge >= 0.3 is 0 Å². The smallest absolute Gasteiger partial charge is 0.248 e. The number of hydrogen-bond acceptors (Lipinski definition) is 3. The summed E-state index contributed by atoms with van der Waals surface area (Å²) in [5.41, 5.74) is 8.51. The predicted octanol–water partition coefficient (Wildman–Crippen LogP) is 2.33. The summed E-state index contributed by atoms with van der Waals surface area (Å²) >= 11 is 0. The van der Waals surface area contributed by atoms with Crippen LogP contribution in [-0.4, -0.2) is 12.2 Å². The Kier molecular flexibility index (Phi) is 4.72. The third kappa shape index (κ3) is 4.18. The highest BCUT2D eigenvalue weighted by Crippen LogP contribution is 2.16. The van der Waals surface area contributed by atoms with E-state index in [1.165, 1.54) is 0 Å². The summed E-state index contributed by atoms with van der Waals surface area (Å²) in [5.74, 6) is 0.251. The molecule has 2 aromatic carbocycles. The fraction of sp³-hybridized carbons (Fsp3) is 0.176. The molecule has 0 saturated heterocycles. The minimum Gasteiger partial charge on any atom is -0.489 e. The SMILES string of the molecule is Cc1cc(COc2ccc(C[C]=O)cc2)cc(C(N)=O)c1. The van der Waals surface area contributed by atoms with Crippen LogP contribution in [0.2, 0.25) is 0 Å². The number of rotatable bonds is 6. The number of carbonyl (C=O) groups excluding carboxylic acids is 2. The maximum atomic E-state index is 11.2. The van der Waals surface area contributed by atoms with E-state index in [0.717, 1.165) is 16.7 Å². The average Bonchev–Trinajstić information content (AvgIpc) is 2.46. The van der Waals surface area contributed by atoms with Crippen LogP contribution in [0, 0.1) is 6.92 Å². The molecule has 0 bridgehead atoms. The lowest BCUT2D eigenvalue weighted by molar-refractivity contribution is 0.1000. The summed E-state index contributed by atoms with van der Waals surface area (Å²) in [6, 6.07) is 12.7. The molecular formula is C17H16NO3. The fourth-order valence-corrected chi connectivity index (χ4v) is 2.04. The first kappa shape index (κ1) is 14.8. The molecule has 0 saturated carbocycles. The summed E-state index contributed by atoms with van der Waals surface area (Å²) in [6.45, 7) is 2.25. The molecule has 4 heteroatoms. The van der Waals surface area contributed by atoms with Crippen LogP contribution in [0.5, 0.6) is 5.75 Å². The van der Waals surface area contributed by atoms with Crippen LogP contribution >= 0.6 is 0 Å². The molecule has 0 spiro atoms. The van der Waals surface area contributed by atoms with Crippen molar-refractivity contribution in [2.75, 3.05) is 0 Å². The molecule has 0 aromatic heterocycles. The molecule has 2 N–H and O–H groups in total. The van der Waals surface area contributed by atoms with Gasteiger partial charge in [0.15, 0.2) is 0 Å². The summed E-state index contributed by atoms with van der Waals surface area (Å²) < 4.78 is 5.66. The molecule has 2 aromatic rings. The van der Waals surface area contributed by atoms with E-state index in [4.69, 9.17) is 10.5 Å². The largest absolute Gasteiger partial charge is 0.489 e. The molecule has 2 rings (SSSR count). The standard InChI is InChI=1S/C17H16NO3/c1-12-8-14(10-15(9-12)17(18)20)11-21-16-4-2-13(3-5-16)6-7-19/h2-5,8-10H,6,11H2,1H3,(H2,18,20). The van der Waals surface area contributed by atoms with Gasteiger partial charge in [0.25, 0.3) is 0 Å². The van der Waals surface area contributed by atoms with Gasteiger partial charge in [-0.25, -0.2) is 0 Å². The van der Waals surface area contributed by atoms with Gasteiger partial charge in [-0.1, -0.05) is 18.2 Å². The zero-order valence-corrected chi connectivity index (χ0v) is 11.8. The predicted molar refractivity (Wildman–Crippen MR) is 79.9 cm³/mol. The molecule has 0 atom stereocenters. The first-order chi connectivity index (χ1) is 10.1. The number of ether oxygens (including phenoxy) is 1. The highest BCUT2D eigenvalue weighted by molar-refractivity contribution is 5.93. The lowest BCUT2D eigenvalue weighted by Crippen LogP contribution is -2.12. The number of nitrogens with two attached hydrogens (primary N) is 1. The summed E-state index contributed by atoms with van der Waals surface area (Å²) in [4.78, 5) is 21.5. The molecule has 0 aliphatic rings. The van der Waals surface area contributed by atoms with Gasteiger partial charge in [0.1, 0.15) is 12.4 Å². The quantitative estimate of drug-likeness (QED) is 0.884. The Labute approximate surface area is 123 Å². The van der Waals surface area contributed by atoms with Gasteiger partial charge in [0.05, 0.1) is 0 Å². The lowest BCUT2D eigenvalue weighted by Gasteiger charge is -2.09. The van der Waals surface area contributed by atoms with Crippen LogP contribution in [-0.2, 0) is 17.8 Å². The first-order valence-corrected chi connectivity index (χ1v) is 6.55. The van der Waals surface area contributed by atoms with Crippen LogP contribution in [0.15, 0.2) is 42.5 Å². The molecule has 4 nitrogen and oxygen atoms in total. The van der Waals surface area contributed by atoms with Crippen molar-refractivity contribution < 1.29 is 14.3 Å². The number of amides is 1. The minimum atomic E-state index is -0.450. The minimum absolute atomic E-state index is 0.278. The van der Waals surface area contributed by atoms with E-state index >= 15 is 0 Å². The summed E-state index contributed by atoms with van der Waals surface area (Å²) in [7, 11) is 0. The Morgan fingerprint density at radius 2 is 1.86 bits per heavy atom. The van der Waals surface area contributed by atoms with Gasteiger partial charge in [-0.15, -0.1) is 0 Å². The number of hydrogen-bond donors (Lipinski definition) is 1. The monoisotopic (exact) mass is 282 g/mol. The van der Waals surface area contributed by atoms with Crippen LogP contribution in [0.3, 0.4) is 0 Å². The molecule has 0 heterocycles. The highest BCUT2D eigenvalue weighted by Gasteiger charge is 2.04. The molecule has 1 amide bonds. The van der Waals surface area contributed by atoms with E-state index in [2.05, 4.69) is 0 Å². The van der Waals surface area contributed by atoms with Gasteiger partial charge in [0, 0.05) is 12.0 Å². The Balaban J connectivity index is 2.05. The van der Waals surface area contributed by atoms with Crippen LogP contribution in [0.1, 0.15) is 27.0 Å². The van der Waals surface area contributed by atoms with Gasteiger partial charge in [-0.2, -0.15) is 0 Å². The summed E-state index contributed by atoms with van der Waals surface area (Å²) in [5, 5.41) is 0. The van der Waals surface area contributed by atoms with Gasteiger partial charge in [0.2, 0.25) is 12.2 Å². The van der Waals surface area contributed by atoms with Crippen molar-refractivity contribution >= 4 is 12.2 Å². The fourth-order valence-electron chi connectivity index (χ4n) is 2.04. The van der Waals surface area contributed by atoms with Crippen molar-refractivity contribution in [2.24, 2.45) is 5.73 Å². The molecular weight excluding hydrogens is 266 g/mol. The van der Waals surface area contributed by atoms with Gasteiger partial charge < -0.3 is 10.5 Å². The zero-order chi connectivity index (χ0) is 15.2. The van der Waals surface area contributed by atoms with Crippen molar-refractivity contribution in [3.05, 3.63) is 64.7 Å². The average molecular weight is 282 g/mol. The van der Waals surface area contributed by atoms with Gasteiger partial charge in [-0.05, 0) is 47.9 Å². The van der Waals surface area contributed by atoms with Crippen LogP contribution in [0.4, 0.5) is 0 Å². The van der Waals surface area contributed by atoms with Crippen molar-refractivity contribution in [2.45, 2.75) is 20.0 Å². The Hall–Kier alpha value is -2.62.